The van der Waals surface area contributed by atoms with Crippen LogP contribution in [0.25, 0.3) is 0 Å². The van der Waals surface area contributed by atoms with E-state index in [0.29, 0.717) is 5.95 Å². The van der Waals surface area contributed by atoms with Crippen LogP contribution in [-0.2, 0) is 0 Å². The third-order valence-corrected chi connectivity index (χ3v) is 4.25. The van der Waals surface area contributed by atoms with Crippen LogP contribution in [-0.4, -0.2) is 33.1 Å². The molecule has 0 aliphatic carbocycles. The van der Waals surface area contributed by atoms with Crippen molar-refractivity contribution in [2.75, 3.05) is 18.0 Å². The maximum absolute atomic E-state index is 10.6. The minimum atomic E-state index is -0.508. The maximum atomic E-state index is 10.6. The highest BCUT2D eigenvalue weighted by Gasteiger charge is 2.27. The number of rotatable bonds is 4. The molecule has 1 aromatic carbocycles. The topological polar surface area (TPSA) is 92.4 Å². The highest BCUT2D eigenvalue weighted by molar-refractivity contribution is 5.34. The van der Waals surface area contributed by atoms with Crippen molar-refractivity contribution in [2.45, 2.75) is 18.9 Å². The normalized spacial score (nSPS) is 17.0. The van der Waals surface area contributed by atoms with Gasteiger partial charge in [0.25, 0.3) is 0 Å². The van der Waals surface area contributed by atoms with Gasteiger partial charge < -0.3 is 10.0 Å². The van der Waals surface area contributed by atoms with Gasteiger partial charge >= 0.3 is 5.69 Å². The first-order chi connectivity index (χ1) is 11.1. The van der Waals surface area contributed by atoms with E-state index in [1.54, 1.807) is 0 Å². The maximum Gasteiger partial charge on any atom is 0.305 e. The van der Waals surface area contributed by atoms with E-state index in [2.05, 4.69) is 9.97 Å². The SMILES string of the molecule is O=[N+]([O-])c1cnc(N2CCC(C(O)c3ccccc3)CC2)nc1. The van der Waals surface area contributed by atoms with Crippen LogP contribution in [0.15, 0.2) is 42.7 Å². The Balaban J connectivity index is 1.61. The third kappa shape index (κ3) is 3.45. The molecule has 0 amide bonds. The lowest BCUT2D eigenvalue weighted by atomic mass is 9.87. The summed E-state index contributed by atoms with van der Waals surface area (Å²) in [5, 5.41) is 21.1. The zero-order valence-corrected chi connectivity index (χ0v) is 12.6. The fourth-order valence-electron chi connectivity index (χ4n) is 2.91. The minimum absolute atomic E-state index is 0.108. The second-order valence-electron chi connectivity index (χ2n) is 5.68. The van der Waals surface area contributed by atoms with E-state index in [0.717, 1.165) is 31.5 Å². The van der Waals surface area contributed by atoms with E-state index in [9.17, 15) is 15.2 Å². The van der Waals surface area contributed by atoms with Crippen LogP contribution in [0.4, 0.5) is 11.6 Å². The summed E-state index contributed by atoms with van der Waals surface area (Å²) in [7, 11) is 0. The van der Waals surface area contributed by atoms with Crippen LogP contribution >= 0.6 is 0 Å². The van der Waals surface area contributed by atoms with Gasteiger partial charge in [0.15, 0.2) is 0 Å². The van der Waals surface area contributed by atoms with E-state index in [1.807, 2.05) is 35.2 Å². The predicted molar refractivity (Wildman–Crippen MR) is 85.0 cm³/mol. The number of benzene rings is 1. The molecule has 1 atom stereocenters. The summed E-state index contributed by atoms with van der Waals surface area (Å²) >= 11 is 0. The summed E-state index contributed by atoms with van der Waals surface area (Å²) < 4.78 is 0. The van der Waals surface area contributed by atoms with Crippen LogP contribution in [0.2, 0.25) is 0 Å². The largest absolute Gasteiger partial charge is 0.388 e. The Labute approximate surface area is 133 Å². The minimum Gasteiger partial charge on any atom is -0.388 e. The Bertz CT molecular complexity index is 655. The van der Waals surface area contributed by atoms with Gasteiger partial charge in [-0.25, -0.2) is 9.97 Å². The van der Waals surface area contributed by atoms with Gasteiger partial charge in [0, 0.05) is 13.1 Å². The number of hydrogen-bond acceptors (Lipinski definition) is 6. The van der Waals surface area contributed by atoms with Gasteiger partial charge in [-0.1, -0.05) is 30.3 Å². The van der Waals surface area contributed by atoms with E-state index in [4.69, 9.17) is 0 Å². The first-order valence-corrected chi connectivity index (χ1v) is 7.59. The molecule has 1 aliphatic heterocycles. The van der Waals surface area contributed by atoms with Crippen molar-refractivity contribution in [1.29, 1.82) is 0 Å². The van der Waals surface area contributed by atoms with Crippen molar-refractivity contribution in [1.82, 2.24) is 9.97 Å². The first kappa shape index (κ1) is 15.4. The molecule has 0 saturated carbocycles. The number of anilines is 1. The Kier molecular flexibility index (Phi) is 4.47. The zero-order valence-electron chi connectivity index (χ0n) is 12.6. The molecule has 23 heavy (non-hydrogen) atoms. The number of aliphatic hydroxyl groups is 1. The van der Waals surface area contributed by atoms with Gasteiger partial charge in [0.2, 0.25) is 5.95 Å². The van der Waals surface area contributed by atoms with Crippen molar-refractivity contribution in [3.63, 3.8) is 0 Å². The average molecular weight is 314 g/mol. The summed E-state index contributed by atoms with van der Waals surface area (Å²) in [5.74, 6) is 0.704. The molecule has 2 aromatic rings. The molecule has 2 heterocycles. The summed E-state index contributed by atoms with van der Waals surface area (Å²) in [6, 6.07) is 9.68. The van der Waals surface area contributed by atoms with Crippen molar-refractivity contribution in [2.24, 2.45) is 5.92 Å². The quantitative estimate of drug-likeness (QED) is 0.688. The highest BCUT2D eigenvalue weighted by Crippen LogP contribution is 2.31. The van der Waals surface area contributed by atoms with E-state index in [1.165, 1.54) is 12.4 Å². The Morgan fingerprint density at radius 2 is 1.78 bits per heavy atom. The molecule has 1 saturated heterocycles. The lowest BCUT2D eigenvalue weighted by Crippen LogP contribution is -2.36. The molecular weight excluding hydrogens is 296 g/mol. The molecule has 1 aliphatic rings. The number of aliphatic hydroxyl groups excluding tert-OH is 1. The van der Waals surface area contributed by atoms with Crippen LogP contribution in [0.3, 0.4) is 0 Å². The smallest absolute Gasteiger partial charge is 0.305 e. The van der Waals surface area contributed by atoms with Crippen LogP contribution in [0, 0.1) is 16.0 Å². The Morgan fingerprint density at radius 3 is 2.35 bits per heavy atom. The molecule has 0 bridgehead atoms. The van der Waals surface area contributed by atoms with Gasteiger partial charge in [-0.2, -0.15) is 0 Å². The average Bonchev–Trinajstić information content (AvgIpc) is 2.62. The molecule has 7 heteroatoms. The molecule has 1 unspecified atom stereocenters. The Morgan fingerprint density at radius 1 is 1.17 bits per heavy atom. The lowest BCUT2D eigenvalue weighted by molar-refractivity contribution is -0.385. The van der Waals surface area contributed by atoms with Gasteiger partial charge in [0.05, 0.1) is 11.0 Å². The van der Waals surface area contributed by atoms with Crippen molar-refractivity contribution in [3.05, 3.63) is 58.4 Å². The Hall–Kier alpha value is -2.54. The molecule has 0 radical (unpaired) electrons. The highest BCUT2D eigenvalue weighted by atomic mass is 16.6. The molecule has 1 aromatic heterocycles. The van der Waals surface area contributed by atoms with Gasteiger partial charge in [-0.3, -0.25) is 10.1 Å². The number of nitro groups is 1. The zero-order chi connectivity index (χ0) is 16.2. The van der Waals surface area contributed by atoms with Crippen molar-refractivity contribution in [3.8, 4) is 0 Å². The lowest BCUT2D eigenvalue weighted by Gasteiger charge is -2.34. The van der Waals surface area contributed by atoms with E-state index >= 15 is 0 Å². The van der Waals surface area contributed by atoms with Gasteiger partial charge in [0.1, 0.15) is 12.4 Å². The summed E-state index contributed by atoms with van der Waals surface area (Å²) in [5.41, 5.74) is 0.834. The third-order valence-electron chi connectivity index (χ3n) is 4.25. The second kappa shape index (κ2) is 6.70. The van der Waals surface area contributed by atoms with Gasteiger partial charge in [-0.15, -0.1) is 0 Å². The monoisotopic (exact) mass is 314 g/mol. The summed E-state index contributed by atoms with van der Waals surface area (Å²) in [6.45, 7) is 1.46. The summed E-state index contributed by atoms with van der Waals surface area (Å²) in [6.07, 6.45) is 3.66. The molecule has 1 fully saturated rings. The molecule has 3 rings (SSSR count). The predicted octanol–water partition coefficient (Wildman–Crippen LogP) is 2.33. The summed E-state index contributed by atoms with van der Waals surface area (Å²) in [4.78, 5) is 20.2. The van der Waals surface area contributed by atoms with Crippen LogP contribution in [0.1, 0.15) is 24.5 Å². The van der Waals surface area contributed by atoms with Crippen molar-refractivity contribution >= 4 is 11.6 Å². The van der Waals surface area contributed by atoms with E-state index in [-0.39, 0.29) is 11.6 Å². The fourth-order valence-corrected chi connectivity index (χ4v) is 2.91. The number of nitrogens with zero attached hydrogens (tertiary/aromatic N) is 4. The number of hydrogen-bond donors (Lipinski definition) is 1. The van der Waals surface area contributed by atoms with E-state index < -0.39 is 11.0 Å². The fraction of sp³-hybridized carbons (Fsp3) is 0.375. The number of piperidine rings is 1. The molecule has 1 N–H and O–H groups in total. The molecule has 0 spiro atoms. The molecule has 120 valence electrons. The molecule has 7 nitrogen and oxygen atoms in total. The van der Waals surface area contributed by atoms with Gasteiger partial charge in [-0.05, 0) is 24.3 Å². The molecular formula is C16H18N4O3. The standard InChI is InChI=1S/C16H18N4O3/c21-15(12-4-2-1-3-5-12)13-6-8-19(9-7-13)16-17-10-14(11-18-16)20(22)23/h1-5,10-11,13,15,21H,6-9H2. The van der Waals surface area contributed by atoms with Crippen molar-refractivity contribution < 1.29 is 10.0 Å². The van der Waals surface area contributed by atoms with Crippen LogP contribution < -0.4 is 4.90 Å². The van der Waals surface area contributed by atoms with Crippen LogP contribution in [0.5, 0.6) is 0 Å². The number of aromatic nitrogens is 2. The first-order valence-electron chi connectivity index (χ1n) is 7.59. The second-order valence-corrected chi connectivity index (χ2v) is 5.68.